The number of alkyl carbamates (subject to hydrolysis) is 1. The van der Waals surface area contributed by atoms with E-state index in [9.17, 15) is 14.7 Å². The Kier molecular flexibility index (Phi) is 9.79. The monoisotopic (exact) mass is 417 g/mol. The van der Waals surface area contributed by atoms with Crippen LogP contribution >= 0.6 is 0 Å². The number of rotatable bonds is 11. The molecule has 2 atom stereocenters. The molecule has 0 aliphatic heterocycles. The van der Waals surface area contributed by atoms with Crippen LogP contribution in [0.4, 0.5) is 4.79 Å². The van der Waals surface area contributed by atoms with Gasteiger partial charge in [-0.25, -0.2) is 4.79 Å². The number of carbonyl (C=O) groups is 2. The van der Waals surface area contributed by atoms with Gasteiger partial charge in [0.1, 0.15) is 18.5 Å². The van der Waals surface area contributed by atoms with E-state index in [2.05, 4.69) is 5.32 Å². The number of ether oxygens (including phenoxy) is 3. The van der Waals surface area contributed by atoms with Crippen LogP contribution in [0.1, 0.15) is 35.4 Å². The summed E-state index contributed by atoms with van der Waals surface area (Å²) < 4.78 is 16.6. The van der Waals surface area contributed by atoms with E-state index in [1.165, 1.54) is 0 Å². The van der Waals surface area contributed by atoms with E-state index in [0.717, 1.165) is 0 Å². The summed E-state index contributed by atoms with van der Waals surface area (Å²) in [5.74, 6) is -0.107. The topological polar surface area (TPSA) is 114 Å². The largest absolute Gasteiger partial charge is 0.491 e. The Hall–Kier alpha value is -2.94. The van der Waals surface area contributed by atoms with Gasteiger partial charge in [-0.05, 0) is 36.8 Å². The molecule has 0 saturated carbocycles. The molecule has 0 aliphatic rings. The smallest absolute Gasteiger partial charge is 0.414 e. The van der Waals surface area contributed by atoms with Gasteiger partial charge in [0.15, 0.2) is 6.10 Å². The van der Waals surface area contributed by atoms with E-state index in [0.29, 0.717) is 23.5 Å². The number of nitrogens with one attached hydrogen (secondary N) is 1. The van der Waals surface area contributed by atoms with Gasteiger partial charge in [-0.2, -0.15) is 0 Å². The van der Waals surface area contributed by atoms with E-state index in [-0.39, 0.29) is 26.2 Å². The van der Waals surface area contributed by atoms with E-state index in [1.807, 2.05) is 0 Å². The van der Waals surface area contributed by atoms with E-state index >= 15 is 0 Å². The van der Waals surface area contributed by atoms with E-state index in [1.54, 1.807) is 61.5 Å². The summed E-state index contributed by atoms with van der Waals surface area (Å²) in [6, 6.07) is 15.1. The Morgan fingerprint density at radius 3 is 2.47 bits per heavy atom. The van der Waals surface area contributed by atoms with Crippen molar-refractivity contribution >= 4 is 12.0 Å². The predicted molar refractivity (Wildman–Crippen MR) is 109 cm³/mol. The molecule has 0 fully saturated rings. The first-order valence-electron chi connectivity index (χ1n) is 9.72. The van der Waals surface area contributed by atoms with Gasteiger partial charge >= 0.3 is 6.09 Å². The molecule has 0 aromatic heterocycles. The molecule has 0 bridgehead atoms. The van der Waals surface area contributed by atoms with Crippen molar-refractivity contribution in [2.75, 3.05) is 26.4 Å². The van der Waals surface area contributed by atoms with Crippen LogP contribution in [0.3, 0.4) is 0 Å². The normalized spacial score (nSPS) is 12.6. The Morgan fingerprint density at radius 1 is 1.03 bits per heavy atom. The summed E-state index contributed by atoms with van der Waals surface area (Å²) in [4.78, 5) is 24.7. The maximum absolute atomic E-state index is 12.4. The highest BCUT2D eigenvalue weighted by atomic mass is 16.6. The van der Waals surface area contributed by atoms with Crippen molar-refractivity contribution in [1.82, 2.24) is 5.32 Å². The maximum Gasteiger partial charge on any atom is 0.414 e. The molecule has 0 spiro atoms. The van der Waals surface area contributed by atoms with E-state index < -0.39 is 24.2 Å². The zero-order chi connectivity index (χ0) is 21.8. The molecule has 2 amide bonds. The lowest BCUT2D eigenvalue weighted by Gasteiger charge is -2.27. The summed E-state index contributed by atoms with van der Waals surface area (Å²) in [6.07, 6.45) is -2.23. The zero-order valence-corrected chi connectivity index (χ0v) is 16.8. The van der Waals surface area contributed by atoms with Gasteiger partial charge in [0.05, 0.1) is 6.61 Å². The molecule has 0 aliphatic carbocycles. The van der Waals surface area contributed by atoms with Crippen LogP contribution < -0.4 is 10.1 Å². The Balaban J connectivity index is 2.20. The van der Waals surface area contributed by atoms with Gasteiger partial charge in [-0.15, -0.1) is 0 Å². The number of hydrogen-bond acceptors (Lipinski definition) is 7. The molecule has 2 rings (SSSR count). The lowest BCUT2D eigenvalue weighted by Crippen LogP contribution is -2.35. The predicted octanol–water partition coefficient (Wildman–Crippen LogP) is 2.45. The highest BCUT2D eigenvalue weighted by Crippen LogP contribution is 2.28. The van der Waals surface area contributed by atoms with Crippen molar-refractivity contribution in [3.63, 3.8) is 0 Å². The van der Waals surface area contributed by atoms with Crippen LogP contribution in [0.15, 0.2) is 54.6 Å². The van der Waals surface area contributed by atoms with Crippen molar-refractivity contribution in [2.24, 2.45) is 0 Å². The fraction of sp³-hybridized carbons (Fsp3) is 0.364. The van der Waals surface area contributed by atoms with Gasteiger partial charge in [0.25, 0.3) is 5.91 Å². The van der Waals surface area contributed by atoms with E-state index in [4.69, 9.17) is 19.3 Å². The molecule has 0 radical (unpaired) electrons. The molecule has 162 valence electrons. The summed E-state index contributed by atoms with van der Waals surface area (Å²) >= 11 is 0. The summed E-state index contributed by atoms with van der Waals surface area (Å²) in [5, 5.41) is 20.6. The lowest BCUT2D eigenvalue weighted by molar-refractivity contribution is -0.0510. The Morgan fingerprint density at radius 2 is 1.80 bits per heavy atom. The standard InChI is InChI=1S/C22H27NO7/c1-2-28-19(11-12-24)20(17-9-6-10-18(15-17)29-14-13-25)30-22(27)23-21(26)16-7-4-3-5-8-16/h3-10,15,19-20,24-25H,2,11-14H2,1H3,(H,23,26,27)/t19-,20-/m1/s1. The minimum atomic E-state index is -0.932. The van der Waals surface area contributed by atoms with Gasteiger partial charge in [-0.1, -0.05) is 30.3 Å². The van der Waals surface area contributed by atoms with Crippen LogP contribution in [0, 0.1) is 0 Å². The summed E-state index contributed by atoms with van der Waals surface area (Å²) in [5.41, 5.74) is 0.891. The van der Waals surface area contributed by atoms with Crippen LogP contribution in [-0.4, -0.2) is 54.7 Å². The van der Waals surface area contributed by atoms with Gasteiger partial charge in [-0.3, -0.25) is 10.1 Å². The number of aliphatic hydroxyl groups excluding tert-OH is 2. The maximum atomic E-state index is 12.4. The highest BCUT2D eigenvalue weighted by Gasteiger charge is 2.28. The van der Waals surface area contributed by atoms with Crippen molar-refractivity contribution < 1.29 is 34.0 Å². The molecular formula is C22H27NO7. The fourth-order valence-electron chi connectivity index (χ4n) is 2.87. The number of carbonyl (C=O) groups excluding carboxylic acids is 2. The summed E-state index contributed by atoms with van der Waals surface area (Å²) in [6.45, 7) is 1.94. The highest BCUT2D eigenvalue weighted by molar-refractivity contribution is 6.02. The molecule has 2 aromatic carbocycles. The second-order valence-electron chi connectivity index (χ2n) is 6.30. The molecule has 3 N–H and O–H groups in total. The Bertz CT molecular complexity index is 791. The van der Waals surface area contributed by atoms with Gasteiger partial charge < -0.3 is 24.4 Å². The number of amides is 2. The molecule has 30 heavy (non-hydrogen) atoms. The quantitative estimate of drug-likeness (QED) is 0.514. The number of imide groups is 1. The fourth-order valence-corrected chi connectivity index (χ4v) is 2.87. The van der Waals surface area contributed by atoms with Gasteiger partial charge in [0, 0.05) is 25.2 Å². The van der Waals surface area contributed by atoms with Crippen LogP contribution in [-0.2, 0) is 9.47 Å². The minimum absolute atomic E-state index is 0.118. The third kappa shape index (κ3) is 7.14. The minimum Gasteiger partial charge on any atom is -0.491 e. The van der Waals surface area contributed by atoms with Crippen LogP contribution in [0.2, 0.25) is 0 Å². The van der Waals surface area contributed by atoms with Gasteiger partial charge in [0.2, 0.25) is 0 Å². The first-order chi connectivity index (χ1) is 14.6. The molecule has 0 unspecified atom stereocenters. The molecule has 2 aromatic rings. The molecule has 0 heterocycles. The molecule has 8 heteroatoms. The number of benzene rings is 2. The first kappa shape index (κ1) is 23.3. The zero-order valence-electron chi connectivity index (χ0n) is 16.8. The van der Waals surface area contributed by atoms with Crippen LogP contribution in [0.25, 0.3) is 0 Å². The molecule has 0 saturated heterocycles. The van der Waals surface area contributed by atoms with Crippen molar-refractivity contribution in [3.8, 4) is 5.75 Å². The summed E-state index contributed by atoms with van der Waals surface area (Å²) in [7, 11) is 0. The third-order valence-corrected chi connectivity index (χ3v) is 4.16. The van der Waals surface area contributed by atoms with Crippen LogP contribution in [0.5, 0.6) is 5.75 Å². The average Bonchev–Trinajstić information content (AvgIpc) is 2.76. The first-order valence-corrected chi connectivity index (χ1v) is 9.72. The lowest BCUT2D eigenvalue weighted by atomic mass is 10.0. The second kappa shape index (κ2) is 12.6. The third-order valence-electron chi connectivity index (χ3n) is 4.16. The number of hydrogen-bond donors (Lipinski definition) is 3. The Labute approximate surface area is 175 Å². The van der Waals surface area contributed by atoms with Crippen molar-refractivity contribution in [1.29, 1.82) is 0 Å². The molecule has 8 nitrogen and oxygen atoms in total. The van der Waals surface area contributed by atoms with Crippen molar-refractivity contribution in [3.05, 3.63) is 65.7 Å². The molecular weight excluding hydrogens is 390 g/mol. The SMILES string of the molecule is CCO[C@H](CCO)[C@H](OC(=O)NC(=O)c1ccccc1)c1cccc(OCCO)c1. The number of aliphatic hydroxyl groups is 2. The average molecular weight is 417 g/mol. The van der Waals surface area contributed by atoms with Crippen molar-refractivity contribution in [2.45, 2.75) is 25.6 Å². The second-order valence-corrected chi connectivity index (χ2v) is 6.30.